The summed E-state index contributed by atoms with van der Waals surface area (Å²) in [6.45, 7) is 2.74. The van der Waals surface area contributed by atoms with E-state index in [4.69, 9.17) is 21.7 Å². The quantitative estimate of drug-likeness (QED) is 0.356. The lowest BCUT2D eigenvalue weighted by Gasteiger charge is -2.13. The SMILES string of the molecule is CCCN/C(=C(/Cl)C=N)c1cc(F)cc(C(=O)NCCC(=O)OCc2ccccc2)c1. The van der Waals surface area contributed by atoms with E-state index in [2.05, 4.69) is 10.6 Å². The lowest BCUT2D eigenvalue weighted by atomic mass is 10.1. The van der Waals surface area contributed by atoms with Gasteiger partial charge in [-0.2, -0.15) is 0 Å². The number of amides is 1. The van der Waals surface area contributed by atoms with Gasteiger partial charge < -0.3 is 20.8 Å². The number of nitrogens with one attached hydrogen (secondary N) is 3. The summed E-state index contributed by atoms with van der Waals surface area (Å²) in [6, 6.07) is 13.1. The van der Waals surface area contributed by atoms with Crippen molar-refractivity contribution in [1.29, 1.82) is 5.41 Å². The van der Waals surface area contributed by atoms with E-state index in [-0.39, 0.29) is 30.2 Å². The standard InChI is InChI=1S/C23H25ClFN3O3/c1-2-9-27-22(20(24)14-26)17-11-18(13-19(25)12-17)23(30)28-10-8-21(29)31-15-16-6-4-3-5-7-16/h3-7,11-14,26-27H,2,8-10,15H2,1H3,(H,28,30)/b22-20+,26-14?. The first-order chi connectivity index (χ1) is 14.9. The molecular weight excluding hydrogens is 421 g/mol. The van der Waals surface area contributed by atoms with E-state index in [9.17, 15) is 14.0 Å². The van der Waals surface area contributed by atoms with Crippen LogP contribution < -0.4 is 10.6 Å². The number of carbonyl (C=O) groups excluding carboxylic acids is 2. The maximum absolute atomic E-state index is 14.1. The van der Waals surface area contributed by atoms with Crippen LogP contribution in [-0.2, 0) is 16.1 Å². The second-order valence-electron chi connectivity index (χ2n) is 6.67. The van der Waals surface area contributed by atoms with Gasteiger partial charge in [0.05, 0.1) is 17.2 Å². The molecule has 31 heavy (non-hydrogen) atoms. The molecule has 0 aromatic heterocycles. The first kappa shape index (κ1) is 24.1. The molecule has 8 heteroatoms. The minimum absolute atomic E-state index is 0.0103. The van der Waals surface area contributed by atoms with Crippen LogP contribution in [0.2, 0.25) is 0 Å². The molecule has 0 aliphatic heterocycles. The van der Waals surface area contributed by atoms with Crippen molar-refractivity contribution in [1.82, 2.24) is 10.6 Å². The number of halogens is 2. The Morgan fingerprint density at radius 1 is 1.10 bits per heavy atom. The molecule has 164 valence electrons. The lowest BCUT2D eigenvalue weighted by molar-refractivity contribution is -0.144. The fourth-order valence-electron chi connectivity index (χ4n) is 2.70. The fourth-order valence-corrected chi connectivity index (χ4v) is 2.88. The van der Waals surface area contributed by atoms with Crippen LogP contribution in [0.15, 0.2) is 53.6 Å². The van der Waals surface area contributed by atoms with E-state index in [1.165, 1.54) is 12.1 Å². The highest BCUT2D eigenvalue weighted by molar-refractivity contribution is 6.42. The molecule has 0 saturated heterocycles. The van der Waals surface area contributed by atoms with Gasteiger partial charge in [-0.1, -0.05) is 48.9 Å². The van der Waals surface area contributed by atoms with Crippen molar-refractivity contribution in [3.8, 4) is 0 Å². The minimum Gasteiger partial charge on any atom is -0.461 e. The summed E-state index contributed by atoms with van der Waals surface area (Å²) >= 11 is 6.08. The number of ether oxygens (including phenoxy) is 1. The van der Waals surface area contributed by atoms with Crippen LogP contribution in [0.5, 0.6) is 0 Å². The third-order valence-electron chi connectivity index (χ3n) is 4.22. The number of allylic oxidation sites excluding steroid dienone is 1. The Morgan fingerprint density at radius 3 is 2.48 bits per heavy atom. The third-order valence-corrected chi connectivity index (χ3v) is 4.52. The molecule has 0 heterocycles. The Hall–Kier alpha value is -3.19. The zero-order chi connectivity index (χ0) is 22.6. The number of carbonyl (C=O) groups is 2. The van der Waals surface area contributed by atoms with Crippen LogP contribution in [0.3, 0.4) is 0 Å². The maximum Gasteiger partial charge on any atom is 0.307 e. The molecular formula is C23H25ClFN3O3. The van der Waals surface area contributed by atoms with Crippen molar-refractivity contribution in [2.24, 2.45) is 0 Å². The van der Waals surface area contributed by atoms with Gasteiger partial charge in [-0.05, 0) is 30.2 Å². The van der Waals surface area contributed by atoms with Crippen molar-refractivity contribution < 1.29 is 18.7 Å². The Morgan fingerprint density at radius 2 is 1.81 bits per heavy atom. The second-order valence-corrected chi connectivity index (χ2v) is 7.08. The summed E-state index contributed by atoms with van der Waals surface area (Å²) in [5.41, 5.74) is 1.68. The zero-order valence-corrected chi connectivity index (χ0v) is 18.0. The Kier molecular flexibility index (Phi) is 9.71. The molecule has 2 aromatic rings. The molecule has 0 spiro atoms. The van der Waals surface area contributed by atoms with Gasteiger partial charge in [0, 0.05) is 30.4 Å². The molecule has 0 bridgehead atoms. The Labute approximate surface area is 186 Å². The van der Waals surface area contributed by atoms with Gasteiger partial charge in [-0.25, -0.2) is 4.39 Å². The molecule has 6 nitrogen and oxygen atoms in total. The molecule has 0 atom stereocenters. The summed E-state index contributed by atoms with van der Waals surface area (Å²) in [5, 5.41) is 13.1. The predicted molar refractivity (Wildman–Crippen MR) is 119 cm³/mol. The third kappa shape index (κ3) is 7.86. The first-order valence-electron chi connectivity index (χ1n) is 9.87. The molecule has 2 aromatic carbocycles. The smallest absolute Gasteiger partial charge is 0.307 e. The summed E-state index contributed by atoms with van der Waals surface area (Å²) in [5.74, 6) is -1.59. The van der Waals surface area contributed by atoms with E-state index in [0.29, 0.717) is 17.8 Å². The highest BCUT2D eigenvalue weighted by Gasteiger charge is 2.14. The Balaban J connectivity index is 1.97. The zero-order valence-electron chi connectivity index (χ0n) is 17.2. The highest BCUT2D eigenvalue weighted by Crippen LogP contribution is 2.21. The van der Waals surface area contributed by atoms with Crippen molar-refractivity contribution in [2.45, 2.75) is 26.4 Å². The number of esters is 1. The molecule has 0 unspecified atom stereocenters. The van der Waals surface area contributed by atoms with E-state index >= 15 is 0 Å². The van der Waals surface area contributed by atoms with Gasteiger partial charge in [-0.15, -0.1) is 0 Å². The molecule has 0 saturated carbocycles. The van der Waals surface area contributed by atoms with Gasteiger partial charge in [0.2, 0.25) is 0 Å². The molecule has 0 aliphatic rings. The number of hydrogen-bond acceptors (Lipinski definition) is 5. The topological polar surface area (TPSA) is 91.3 Å². The normalized spacial score (nSPS) is 11.3. The van der Waals surface area contributed by atoms with Crippen molar-refractivity contribution in [3.63, 3.8) is 0 Å². The maximum atomic E-state index is 14.1. The summed E-state index contributed by atoms with van der Waals surface area (Å²) < 4.78 is 19.3. The monoisotopic (exact) mass is 445 g/mol. The van der Waals surface area contributed by atoms with E-state index in [1.807, 2.05) is 37.3 Å². The van der Waals surface area contributed by atoms with Gasteiger partial charge >= 0.3 is 5.97 Å². The second kappa shape index (κ2) is 12.5. The van der Waals surface area contributed by atoms with Crippen molar-refractivity contribution in [3.05, 3.63) is 76.1 Å². The molecule has 0 aliphatic carbocycles. The first-order valence-corrected chi connectivity index (χ1v) is 10.2. The van der Waals surface area contributed by atoms with E-state index < -0.39 is 17.7 Å². The minimum atomic E-state index is -0.616. The van der Waals surface area contributed by atoms with Gasteiger partial charge in [-0.3, -0.25) is 9.59 Å². The largest absolute Gasteiger partial charge is 0.461 e. The van der Waals surface area contributed by atoms with E-state index in [0.717, 1.165) is 24.3 Å². The van der Waals surface area contributed by atoms with Crippen LogP contribution in [0, 0.1) is 11.2 Å². The number of rotatable bonds is 11. The predicted octanol–water partition coefficient (Wildman–Crippen LogP) is 4.25. The number of hydrogen-bond donors (Lipinski definition) is 3. The van der Waals surface area contributed by atoms with Gasteiger partial charge in [0.15, 0.2) is 0 Å². The molecule has 0 radical (unpaired) electrons. The molecule has 0 fully saturated rings. The molecule has 1 amide bonds. The highest BCUT2D eigenvalue weighted by atomic mass is 35.5. The summed E-state index contributed by atoms with van der Waals surface area (Å²) in [4.78, 5) is 24.3. The summed E-state index contributed by atoms with van der Waals surface area (Å²) in [6.07, 6.45) is 1.74. The summed E-state index contributed by atoms with van der Waals surface area (Å²) in [7, 11) is 0. The van der Waals surface area contributed by atoms with Crippen LogP contribution in [-0.4, -0.2) is 31.2 Å². The Bertz CT molecular complexity index is 948. The van der Waals surface area contributed by atoms with Crippen LogP contribution in [0.4, 0.5) is 4.39 Å². The van der Waals surface area contributed by atoms with E-state index in [1.54, 1.807) is 0 Å². The van der Waals surface area contributed by atoms with Crippen LogP contribution in [0.25, 0.3) is 5.70 Å². The van der Waals surface area contributed by atoms with Crippen LogP contribution in [0.1, 0.15) is 41.3 Å². The molecule has 3 N–H and O–H groups in total. The average molecular weight is 446 g/mol. The van der Waals surface area contributed by atoms with Crippen molar-refractivity contribution >= 4 is 35.4 Å². The average Bonchev–Trinajstić information content (AvgIpc) is 2.78. The van der Waals surface area contributed by atoms with Crippen molar-refractivity contribution in [2.75, 3.05) is 13.1 Å². The van der Waals surface area contributed by atoms with Crippen LogP contribution >= 0.6 is 11.6 Å². The fraction of sp³-hybridized carbons (Fsp3) is 0.261. The molecule has 2 rings (SSSR count). The lowest BCUT2D eigenvalue weighted by Crippen LogP contribution is -2.27. The number of benzene rings is 2. The van der Waals surface area contributed by atoms with Gasteiger partial charge in [0.25, 0.3) is 5.91 Å². The van der Waals surface area contributed by atoms with Gasteiger partial charge in [0.1, 0.15) is 12.4 Å².